The lowest BCUT2D eigenvalue weighted by molar-refractivity contribution is -0.384. The number of benzene rings is 1. The van der Waals surface area contributed by atoms with Gasteiger partial charge in [-0.25, -0.2) is 0 Å². The Morgan fingerprint density at radius 1 is 1.20 bits per heavy atom. The van der Waals surface area contributed by atoms with Crippen LogP contribution in [-0.2, 0) is 0 Å². The number of fused-ring (bicyclic) bond motifs is 1. The second-order valence-electron chi connectivity index (χ2n) is 4.92. The van der Waals surface area contributed by atoms with E-state index in [2.05, 4.69) is 4.90 Å². The first-order chi connectivity index (χ1) is 9.65. The molecule has 6 nitrogen and oxygen atoms in total. The average Bonchev–Trinajstić information content (AvgIpc) is 2.77. The molecule has 0 spiro atoms. The highest BCUT2D eigenvalue weighted by Crippen LogP contribution is 2.30. The van der Waals surface area contributed by atoms with Crippen LogP contribution in [-0.4, -0.2) is 43.2 Å². The molecule has 2 aliphatic heterocycles. The van der Waals surface area contributed by atoms with Gasteiger partial charge in [-0.15, -0.1) is 0 Å². The van der Waals surface area contributed by atoms with E-state index in [1.165, 1.54) is 64.8 Å². The van der Waals surface area contributed by atoms with Gasteiger partial charge >= 0.3 is 0 Å². The van der Waals surface area contributed by atoms with Crippen LogP contribution in [0.1, 0.15) is 19.3 Å². The Hall–Kier alpha value is -1.82. The van der Waals surface area contributed by atoms with Crippen LogP contribution in [0.25, 0.3) is 0 Å². The highest BCUT2D eigenvalue weighted by atomic mass is 16.6. The number of hydrogen-bond donors (Lipinski definition) is 0. The third kappa shape index (κ3) is 3.19. The summed E-state index contributed by atoms with van der Waals surface area (Å²) in [5.74, 6) is 0.838. The molecule has 0 amide bonds. The van der Waals surface area contributed by atoms with Gasteiger partial charge in [0, 0.05) is 12.1 Å². The van der Waals surface area contributed by atoms with E-state index in [0.29, 0.717) is 11.5 Å². The molecule has 1 unspecified atom stereocenters. The van der Waals surface area contributed by atoms with Gasteiger partial charge in [0.1, 0.15) is 0 Å². The van der Waals surface area contributed by atoms with Gasteiger partial charge in [-0.05, 0) is 38.4 Å². The number of rotatable bonds is 3. The molecule has 0 radical (unpaired) electrons. The molecule has 0 aliphatic carbocycles. The molecule has 0 aromatic heterocycles. The normalized spacial score (nSPS) is 20.2. The van der Waals surface area contributed by atoms with Crippen molar-refractivity contribution >= 4 is 5.69 Å². The Labute approximate surface area is 118 Å². The summed E-state index contributed by atoms with van der Waals surface area (Å²) in [5, 5.41) is 10.4. The summed E-state index contributed by atoms with van der Waals surface area (Å²) in [6.45, 7) is 2.79. The standard InChI is InChI=1S/C8H9NO4.C6H11N/c1-12-7-4-3-6(9(10)11)5-8(7)13-2;1-2-6-3-5-7(6)4-1/h3-5H,1-2H3;6H,1-5H2. The third-order valence-electron chi connectivity index (χ3n) is 3.83. The summed E-state index contributed by atoms with van der Waals surface area (Å²) in [4.78, 5) is 12.5. The van der Waals surface area contributed by atoms with Crippen molar-refractivity contribution in [1.82, 2.24) is 4.90 Å². The van der Waals surface area contributed by atoms with E-state index < -0.39 is 4.92 Å². The van der Waals surface area contributed by atoms with E-state index in [4.69, 9.17) is 9.47 Å². The zero-order valence-electron chi connectivity index (χ0n) is 11.9. The quantitative estimate of drug-likeness (QED) is 0.628. The summed E-state index contributed by atoms with van der Waals surface area (Å²) in [6, 6.07) is 5.21. The van der Waals surface area contributed by atoms with Crippen molar-refractivity contribution < 1.29 is 14.4 Å². The minimum atomic E-state index is -0.484. The minimum absolute atomic E-state index is 0.0161. The first kappa shape index (κ1) is 14.6. The monoisotopic (exact) mass is 280 g/mol. The minimum Gasteiger partial charge on any atom is -0.493 e. The maximum absolute atomic E-state index is 10.4. The van der Waals surface area contributed by atoms with Crippen LogP contribution in [0.2, 0.25) is 0 Å². The van der Waals surface area contributed by atoms with Gasteiger partial charge in [0.15, 0.2) is 11.5 Å². The molecule has 0 bridgehead atoms. The molecule has 1 aromatic rings. The van der Waals surface area contributed by atoms with Crippen molar-refractivity contribution in [3.63, 3.8) is 0 Å². The lowest BCUT2D eigenvalue weighted by Crippen LogP contribution is -2.42. The Balaban J connectivity index is 0.000000173. The maximum atomic E-state index is 10.4. The summed E-state index contributed by atoms with van der Waals surface area (Å²) in [7, 11) is 2.91. The van der Waals surface area contributed by atoms with Crippen molar-refractivity contribution in [2.45, 2.75) is 25.3 Å². The molecule has 1 atom stereocenters. The number of methoxy groups -OCH3 is 2. The second-order valence-corrected chi connectivity index (χ2v) is 4.92. The van der Waals surface area contributed by atoms with Crippen LogP contribution in [0.15, 0.2) is 18.2 Å². The SMILES string of the molecule is C1CC2CCN2C1.COc1ccc([N+](=O)[O-])cc1OC. The van der Waals surface area contributed by atoms with Crippen molar-refractivity contribution in [2.75, 3.05) is 27.3 Å². The fraction of sp³-hybridized carbons (Fsp3) is 0.571. The summed E-state index contributed by atoms with van der Waals surface area (Å²) >= 11 is 0. The topological polar surface area (TPSA) is 64.8 Å². The zero-order chi connectivity index (χ0) is 14.5. The number of ether oxygens (including phenoxy) is 2. The van der Waals surface area contributed by atoms with Crippen LogP contribution in [0, 0.1) is 10.1 Å². The number of nitro groups is 1. The molecule has 2 heterocycles. The number of nitro benzene ring substituents is 1. The van der Waals surface area contributed by atoms with Gasteiger partial charge in [0.2, 0.25) is 0 Å². The molecule has 20 heavy (non-hydrogen) atoms. The molecular formula is C14H20N2O4. The van der Waals surface area contributed by atoms with Crippen LogP contribution in [0.5, 0.6) is 11.5 Å². The summed E-state index contributed by atoms with van der Waals surface area (Å²) < 4.78 is 9.82. The van der Waals surface area contributed by atoms with E-state index in [0.717, 1.165) is 6.04 Å². The molecule has 110 valence electrons. The first-order valence-electron chi connectivity index (χ1n) is 6.76. The van der Waals surface area contributed by atoms with Crippen molar-refractivity contribution in [2.24, 2.45) is 0 Å². The number of non-ortho nitro benzene ring substituents is 1. The fourth-order valence-corrected chi connectivity index (χ4v) is 2.58. The van der Waals surface area contributed by atoms with E-state index in [9.17, 15) is 10.1 Å². The molecule has 0 N–H and O–H groups in total. The van der Waals surface area contributed by atoms with Gasteiger partial charge in [0.05, 0.1) is 25.2 Å². The fourth-order valence-electron chi connectivity index (χ4n) is 2.58. The van der Waals surface area contributed by atoms with E-state index in [-0.39, 0.29) is 5.69 Å². The van der Waals surface area contributed by atoms with Gasteiger partial charge in [-0.2, -0.15) is 0 Å². The van der Waals surface area contributed by atoms with Gasteiger partial charge in [-0.1, -0.05) is 0 Å². The van der Waals surface area contributed by atoms with Crippen molar-refractivity contribution in [3.8, 4) is 11.5 Å². The number of hydrogen-bond acceptors (Lipinski definition) is 5. The molecule has 6 heteroatoms. The molecule has 2 saturated heterocycles. The van der Waals surface area contributed by atoms with Crippen molar-refractivity contribution in [3.05, 3.63) is 28.3 Å². The second kappa shape index (κ2) is 6.56. The zero-order valence-corrected chi connectivity index (χ0v) is 11.9. The van der Waals surface area contributed by atoms with Crippen LogP contribution >= 0.6 is 0 Å². The van der Waals surface area contributed by atoms with Crippen LogP contribution in [0.3, 0.4) is 0 Å². The first-order valence-corrected chi connectivity index (χ1v) is 6.76. The Kier molecular flexibility index (Phi) is 4.79. The highest BCUT2D eigenvalue weighted by Gasteiger charge is 2.31. The molecule has 2 fully saturated rings. The predicted molar refractivity (Wildman–Crippen MR) is 75.4 cm³/mol. The molecule has 2 aliphatic rings. The Bertz CT molecular complexity index is 468. The molecule has 0 saturated carbocycles. The van der Waals surface area contributed by atoms with Crippen LogP contribution in [0.4, 0.5) is 5.69 Å². The molecular weight excluding hydrogens is 260 g/mol. The summed E-state index contributed by atoms with van der Waals surface area (Å²) in [6.07, 6.45) is 4.44. The molecule has 3 rings (SSSR count). The smallest absolute Gasteiger partial charge is 0.273 e. The molecule has 1 aromatic carbocycles. The lowest BCUT2D eigenvalue weighted by Gasteiger charge is -2.34. The van der Waals surface area contributed by atoms with Gasteiger partial charge < -0.3 is 14.4 Å². The van der Waals surface area contributed by atoms with Gasteiger partial charge in [0.25, 0.3) is 5.69 Å². The third-order valence-corrected chi connectivity index (χ3v) is 3.83. The number of nitrogens with zero attached hydrogens (tertiary/aromatic N) is 2. The largest absolute Gasteiger partial charge is 0.493 e. The Morgan fingerprint density at radius 2 is 1.95 bits per heavy atom. The highest BCUT2D eigenvalue weighted by molar-refractivity contribution is 5.48. The van der Waals surface area contributed by atoms with Crippen molar-refractivity contribution in [1.29, 1.82) is 0 Å². The van der Waals surface area contributed by atoms with Crippen LogP contribution < -0.4 is 9.47 Å². The average molecular weight is 280 g/mol. The van der Waals surface area contributed by atoms with E-state index in [1.54, 1.807) is 0 Å². The van der Waals surface area contributed by atoms with E-state index >= 15 is 0 Å². The Morgan fingerprint density at radius 3 is 2.35 bits per heavy atom. The lowest BCUT2D eigenvalue weighted by atomic mass is 10.1. The van der Waals surface area contributed by atoms with E-state index in [1.807, 2.05) is 0 Å². The summed E-state index contributed by atoms with van der Waals surface area (Å²) in [5.41, 5.74) is -0.0161. The van der Waals surface area contributed by atoms with Gasteiger partial charge in [-0.3, -0.25) is 10.1 Å². The maximum Gasteiger partial charge on any atom is 0.273 e. The predicted octanol–water partition coefficient (Wildman–Crippen LogP) is 2.47.